The summed E-state index contributed by atoms with van der Waals surface area (Å²) in [4.78, 5) is 11.3. The lowest BCUT2D eigenvalue weighted by Gasteiger charge is -2.22. The van der Waals surface area contributed by atoms with Crippen molar-refractivity contribution < 1.29 is 9.53 Å². The molecule has 1 atom stereocenters. The Morgan fingerprint density at radius 3 is 2.71 bits per heavy atom. The summed E-state index contributed by atoms with van der Waals surface area (Å²) in [5.41, 5.74) is -0.222. The highest BCUT2D eigenvalue weighted by Crippen LogP contribution is 2.23. The van der Waals surface area contributed by atoms with Crippen LogP contribution in [0.15, 0.2) is 30.3 Å². The van der Waals surface area contributed by atoms with Gasteiger partial charge >= 0.3 is 0 Å². The quantitative estimate of drug-likeness (QED) is 0.758. The molecule has 88 valence electrons. The Hall–Kier alpha value is -2.08. The Kier molecular flexibility index (Phi) is 3.24. The summed E-state index contributed by atoms with van der Waals surface area (Å²) < 4.78 is 5.28. The van der Waals surface area contributed by atoms with E-state index >= 15 is 0 Å². The van der Waals surface area contributed by atoms with Gasteiger partial charge < -0.3 is 4.74 Å². The van der Waals surface area contributed by atoms with E-state index in [0.717, 1.165) is 5.56 Å². The first-order valence-electron chi connectivity index (χ1n) is 5.10. The number of ether oxygens (including phenoxy) is 1. The number of carbonyl (C=O) groups is 1. The lowest BCUT2D eigenvalue weighted by atomic mass is 9.95. The van der Waals surface area contributed by atoms with E-state index in [2.05, 4.69) is 20.6 Å². The van der Waals surface area contributed by atoms with Gasteiger partial charge in [-0.05, 0) is 5.56 Å². The molecule has 0 radical (unpaired) electrons. The van der Waals surface area contributed by atoms with Gasteiger partial charge in [0.25, 0.3) is 0 Å². The first-order chi connectivity index (χ1) is 8.30. The van der Waals surface area contributed by atoms with Crippen molar-refractivity contribution in [2.45, 2.75) is 12.0 Å². The van der Waals surface area contributed by atoms with E-state index in [4.69, 9.17) is 4.74 Å². The van der Waals surface area contributed by atoms with Crippen LogP contribution < -0.4 is 0 Å². The number of rotatable bonds is 5. The maximum atomic E-state index is 11.3. The Balaban J connectivity index is 2.33. The summed E-state index contributed by atoms with van der Waals surface area (Å²) in [7, 11) is 1.45. The molecule has 6 heteroatoms. The molecule has 1 aromatic heterocycles. The van der Waals surface area contributed by atoms with Crippen LogP contribution in [-0.4, -0.2) is 34.0 Å². The zero-order valence-corrected chi connectivity index (χ0v) is 9.33. The normalized spacial score (nSPS) is 14.2. The highest BCUT2D eigenvalue weighted by molar-refractivity contribution is 5.64. The molecule has 17 heavy (non-hydrogen) atoms. The van der Waals surface area contributed by atoms with Crippen LogP contribution in [-0.2, 0) is 21.6 Å². The van der Waals surface area contributed by atoms with Crippen molar-refractivity contribution in [3.8, 4) is 0 Å². The Labute approximate surface area is 98.0 Å². The predicted molar refractivity (Wildman–Crippen MR) is 59.1 cm³/mol. The van der Waals surface area contributed by atoms with Gasteiger partial charge in [0, 0.05) is 13.5 Å². The highest BCUT2D eigenvalue weighted by atomic mass is 16.5. The number of hydrogen-bond donors (Lipinski definition) is 1. The van der Waals surface area contributed by atoms with Crippen molar-refractivity contribution in [3.63, 3.8) is 0 Å². The van der Waals surface area contributed by atoms with Crippen LogP contribution in [0.3, 0.4) is 0 Å². The number of benzene rings is 1. The third kappa shape index (κ3) is 2.21. The van der Waals surface area contributed by atoms with E-state index < -0.39 is 5.60 Å². The third-order valence-electron chi connectivity index (χ3n) is 2.59. The van der Waals surface area contributed by atoms with Gasteiger partial charge in [-0.3, -0.25) is 4.79 Å². The first-order valence-corrected chi connectivity index (χ1v) is 5.10. The predicted octanol–water partition coefficient (Wildman–Crippen LogP) is 0.483. The molecular weight excluding hydrogens is 220 g/mol. The molecule has 0 amide bonds. The minimum atomic E-state index is -1.19. The molecule has 6 nitrogen and oxygen atoms in total. The topological polar surface area (TPSA) is 80.8 Å². The molecule has 1 heterocycles. The summed E-state index contributed by atoms with van der Waals surface area (Å²) in [6.45, 7) is 0. The molecule has 0 spiro atoms. The lowest BCUT2D eigenvalue weighted by Crippen LogP contribution is -2.34. The number of H-pyrrole nitrogens is 1. The number of carbonyl (C=O) groups excluding carboxylic acids is 1. The molecule has 1 unspecified atom stereocenters. The van der Waals surface area contributed by atoms with Gasteiger partial charge in [-0.25, -0.2) is 0 Å². The lowest BCUT2D eigenvalue weighted by molar-refractivity contribution is -0.129. The molecule has 0 saturated carbocycles. The van der Waals surface area contributed by atoms with Gasteiger partial charge in [0.2, 0.25) is 5.82 Å². The fourth-order valence-electron chi connectivity index (χ4n) is 1.63. The molecule has 0 aliphatic rings. The number of aldehydes is 1. The van der Waals surface area contributed by atoms with Gasteiger partial charge in [-0.15, -0.1) is 10.2 Å². The minimum absolute atomic E-state index is 0.235. The van der Waals surface area contributed by atoms with Gasteiger partial charge in [0.15, 0.2) is 11.9 Å². The molecule has 0 aliphatic heterocycles. The summed E-state index contributed by atoms with van der Waals surface area (Å²) in [5, 5.41) is 13.4. The van der Waals surface area contributed by atoms with E-state index in [1.807, 2.05) is 30.3 Å². The Bertz CT molecular complexity index is 471. The van der Waals surface area contributed by atoms with Crippen molar-refractivity contribution in [1.29, 1.82) is 0 Å². The fraction of sp³-hybridized carbons (Fsp3) is 0.273. The van der Waals surface area contributed by atoms with Crippen LogP contribution in [0.4, 0.5) is 0 Å². The van der Waals surface area contributed by atoms with Gasteiger partial charge in [-0.1, -0.05) is 35.5 Å². The van der Waals surface area contributed by atoms with Crippen LogP contribution in [0.25, 0.3) is 0 Å². The van der Waals surface area contributed by atoms with Gasteiger partial charge in [0.05, 0.1) is 0 Å². The van der Waals surface area contributed by atoms with Crippen LogP contribution in [0.1, 0.15) is 11.4 Å². The Morgan fingerprint density at radius 1 is 1.41 bits per heavy atom. The van der Waals surface area contributed by atoms with Crippen LogP contribution in [0.5, 0.6) is 0 Å². The molecule has 0 aliphatic carbocycles. The second-order valence-corrected chi connectivity index (χ2v) is 3.61. The van der Waals surface area contributed by atoms with Gasteiger partial charge in [0.1, 0.15) is 0 Å². The first kappa shape index (κ1) is 11.4. The van der Waals surface area contributed by atoms with Crippen molar-refractivity contribution in [1.82, 2.24) is 20.6 Å². The average Bonchev–Trinajstić information content (AvgIpc) is 2.92. The molecule has 0 saturated heterocycles. The number of aromatic nitrogens is 4. The average molecular weight is 232 g/mol. The summed E-state index contributed by atoms with van der Waals surface area (Å²) >= 11 is 0. The number of nitrogens with one attached hydrogen (secondary N) is 1. The largest absolute Gasteiger partial charge is 0.362 e. The third-order valence-corrected chi connectivity index (χ3v) is 2.59. The molecular formula is C11H12N4O2. The molecule has 0 fully saturated rings. The molecule has 2 rings (SSSR count). The number of hydrogen-bond acceptors (Lipinski definition) is 5. The maximum Gasteiger partial charge on any atom is 0.213 e. The zero-order chi connectivity index (χ0) is 12.1. The zero-order valence-electron chi connectivity index (χ0n) is 9.33. The SMILES string of the molecule is COC(C=O)(Cc1ccccc1)c1nn[nH]n1. The van der Waals surface area contributed by atoms with Crippen LogP contribution >= 0.6 is 0 Å². The monoisotopic (exact) mass is 232 g/mol. The second-order valence-electron chi connectivity index (χ2n) is 3.61. The van der Waals surface area contributed by atoms with Crippen LogP contribution in [0, 0.1) is 0 Å². The number of aromatic amines is 1. The molecule has 0 bridgehead atoms. The minimum Gasteiger partial charge on any atom is -0.362 e. The van der Waals surface area contributed by atoms with E-state index in [1.54, 1.807) is 0 Å². The second kappa shape index (κ2) is 4.84. The van der Waals surface area contributed by atoms with Crippen molar-refractivity contribution >= 4 is 6.29 Å². The highest BCUT2D eigenvalue weighted by Gasteiger charge is 2.36. The Morgan fingerprint density at radius 2 is 2.18 bits per heavy atom. The standard InChI is InChI=1S/C11H12N4O2/c1-17-11(8-16,10-12-14-15-13-10)7-9-5-3-2-4-6-9/h2-6,8H,7H2,1H3,(H,12,13,14,15). The van der Waals surface area contributed by atoms with Crippen molar-refractivity contribution in [3.05, 3.63) is 41.7 Å². The van der Waals surface area contributed by atoms with Crippen molar-refractivity contribution in [2.75, 3.05) is 7.11 Å². The number of nitrogens with zero attached hydrogens (tertiary/aromatic N) is 3. The van der Waals surface area contributed by atoms with Gasteiger partial charge in [-0.2, -0.15) is 5.21 Å². The number of tetrazole rings is 1. The fourth-order valence-corrected chi connectivity index (χ4v) is 1.63. The summed E-state index contributed by atoms with van der Waals surface area (Å²) in [6, 6.07) is 9.54. The van der Waals surface area contributed by atoms with E-state index in [1.165, 1.54) is 7.11 Å². The smallest absolute Gasteiger partial charge is 0.213 e. The number of methoxy groups -OCH3 is 1. The van der Waals surface area contributed by atoms with E-state index in [-0.39, 0.29) is 5.82 Å². The summed E-state index contributed by atoms with van der Waals surface area (Å²) in [6.07, 6.45) is 1.07. The molecule has 1 aromatic carbocycles. The maximum absolute atomic E-state index is 11.3. The van der Waals surface area contributed by atoms with Crippen LogP contribution in [0.2, 0.25) is 0 Å². The molecule has 1 N–H and O–H groups in total. The van der Waals surface area contributed by atoms with Crippen molar-refractivity contribution in [2.24, 2.45) is 0 Å². The summed E-state index contributed by atoms with van der Waals surface area (Å²) in [5.74, 6) is 0.235. The molecule has 2 aromatic rings. The van der Waals surface area contributed by atoms with E-state index in [0.29, 0.717) is 12.7 Å². The van der Waals surface area contributed by atoms with E-state index in [9.17, 15) is 4.79 Å².